The van der Waals surface area contributed by atoms with Crippen LogP contribution in [0.4, 0.5) is 5.69 Å². The monoisotopic (exact) mass is 199 g/mol. The Morgan fingerprint density at radius 1 is 1.07 bits per heavy atom. The van der Waals surface area contributed by atoms with E-state index in [-0.39, 0.29) is 20.3 Å². The number of hydrogen-bond acceptors (Lipinski definition) is 1. The quantitative estimate of drug-likeness (QED) is 0.632. The van der Waals surface area contributed by atoms with Crippen molar-refractivity contribution in [1.29, 1.82) is 0 Å². The van der Waals surface area contributed by atoms with Gasteiger partial charge in [-0.05, 0) is 31.4 Å². The Kier molecular flexibility index (Phi) is 7.65. The van der Waals surface area contributed by atoms with Crippen LogP contribution in [0.5, 0.6) is 0 Å². The number of rotatable bonds is 5. The van der Waals surface area contributed by atoms with Crippen LogP contribution in [0.2, 0.25) is 0 Å². The fraction of sp³-hybridized carbons (Fsp3) is 0.538. The largest absolute Gasteiger partial charge is 1.00 e. The predicted molar refractivity (Wildman–Crippen MR) is 65.1 cm³/mol. The summed E-state index contributed by atoms with van der Waals surface area (Å²) in [6.07, 6.45) is 2.43. The molecule has 0 heterocycles. The molecule has 1 rings (SSSR count). The van der Waals surface area contributed by atoms with Crippen molar-refractivity contribution in [3.05, 3.63) is 29.8 Å². The smallest absolute Gasteiger partial charge is 1.00 e. The topological polar surface area (TPSA) is 3.24 Å². The van der Waals surface area contributed by atoms with Crippen LogP contribution in [0.25, 0.3) is 0 Å². The summed E-state index contributed by atoms with van der Waals surface area (Å²) in [4.78, 5) is 2.48. The Labute approximate surface area is 108 Å². The van der Waals surface area contributed by atoms with Crippen molar-refractivity contribution >= 4 is 5.69 Å². The van der Waals surface area contributed by atoms with E-state index in [1.807, 2.05) is 0 Å². The van der Waals surface area contributed by atoms with Gasteiger partial charge in [-0.1, -0.05) is 32.0 Å². The van der Waals surface area contributed by atoms with Gasteiger partial charge in [0.15, 0.2) is 0 Å². The van der Waals surface area contributed by atoms with E-state index in [0.717, 1.165) is 0 Å². The predicted octanol–water partition coefficient (Wildman–Crippen LogP) is 0.738. The van der Waals surface area contributed by atoms with Gasteiger partial charge in [-0.25, -0.2) is 0 Å². The third kappa shape index (κ3) is 4.32. The molecule has 0 N–H and O–H groups in total. The standard InChI is InChI=1S/C13H21N.Li.H/c1-4-10-14(11-5-2)13-9-7-6-8-12(13)3;;/h6-9H,4-5,10-11H2,1-3H3;;/q;+1;-1. The number of nitrogens with zero attached hydrogens (tertiary/aromatic N) is 1. The summed E-state index contributed by atoms with van der Waals surface area (Å²) in [6.45, 7) is 8.99. The van der Waals surface area contributed by atoms with E-state index in [0.29, 0.717) is 0 Å². The first-order valence-electron chi connectivity index (χ1n) is 5.60. The minimum absolute atomic E-state index is 0. The maximum atomic E-state index is 2.48. The van der Waals surface area contributed by atoms with E-state index >= 15 is 0 Å². The van der Waals surface area contributed by atoms with Crippen LogP contribution in [0.3, 0.4) is 0 Å². The average Bonchev–Trinajstić information content (AvgIpc) is 2.18. The van der Waals surface area contributed by atoms with E-state index in [2.05, 4.69) is 49.9 Å². The molecule has 0 aliphatic heterocycles. The van der Waals surface area contributed by atoms with Gasteiger partial charge in [0, 0.05) is 18.8 Å². The Balaban J connectivity index is 0. The number of aryl methyl sites for hydroxylation is 1. The second-order valence-corrected chi connectivity index (χ2v) is 3.77. The van der Waals surface area contributed by atoms with Gasteiger partial charge in [-0.15, -0.1) is 0 Å². The molecule has 0 amide bonds. The van der Waals surface area contributed by atoms with Crippen LogP contribution in [-0.2, 0) is 0 Å². The molecule has 0 unspecified atom stereocenters. The van der Waals surface area contributed by atoms with Crippen molar-refractivity contribution in [1.82, 2.24) is 0 Å². The average molecular weight is 199 g/mol. The third-order valence-electron chi connectivity index (χ3n) is 2.44. The molecular weight excluding hydrogens is 177 g/mol. The molecule has 1 aromatic rings. The maximum absolute atomic E-state index is 2.48. The number of para-hydroxylation sites is 1. The minimum Gasteiger partial charge on any atom is -1.00 e. The molecule has 1 nitrogen and oxygen atoms in total. The van der Waals surface area contributed by atoms with Gasteiger partial charge in [0.05, 0.1) is 0 Å². The van der Waals surface area contributed by atoms with E-state index in [1.54, 1.807) is 0 Å². The Hall–Kier alpha value is -0.383. The van der Waals surface area contributed by atoms with E-state index in [9.17, 15) is 0 Å². The summed E-state index contributed by atoms with van der Waals surface area (Å²) in [6, 6.07) is 8.64. The molecule has 0 atom stereocenters. The van der Waals surface area contributed by atoms with Crippen molar-refractivity contribution in [2.24, 2.45) is 0 Å². The molecule has 15 heavy (non-hydrogen) atoms. The zero-order chi connectivity index (χ0) is 10.4. The maximum Gasteiger partial charge on any atom is 1.00 e. The van der Waals surface area contributed by atoms with Crippen LogP contribution in [-0.4, -0.2) is 13.1 Å². The molecule has 1 aromatic carbocycles. The van der Waals surface area contributed by atoms with Gasteiger partial charge in [-0.3, -0.25) is 0 Å². The zero-order valence-electron chi connectivity index (χ0n) is 11.6. The first-order chi connectivity index (χ1) is 6.79. The van der Waals surface area contributed by atoms with Crippen LogP contribution in [0, 0.1) is 6.92 Å². The molecule has 0 aromatic heterocycles. The second kappa shape index (κ2) is 7.85. The van der Waals surface area contributed by atoms with Gasteiger partial charge < -0.3 is 6.33 Å². The van der Waals surface area contributed by atoms with Gasteiger partial charge in [-0.2, -0.15) is 0 Å². The first kappa shape index (κ1) is 14.6. The zero-order valence-corrected chi connectivity index (χ0v) is 10.6. The first-order valence-corrected chi connectivity index (χ1v) is 5.60. The molecule has 0 spiro atoms. The van der Waals surface area contributed by atoms with E-state index < -0.39 is 0 Å². The van der Waals surface area contributed by atoms with Crippen molar-refractivity contribution in [3.63, 3.8) is 0 Å². The second-order valence-electron chi connectivity index (χ2n) is 3.77. The molecule has 0 aliphatic carbocycles. The number of anilines is 1. The molecule has 2 heteroatoms. The van der Waals surface area contributed by atoms with Crippen molar-refractivity contribution in [2.45, 2.75) is 33.6 Å². The molecule has 0 aliphatic rings. The summed E-state index contributed by atoms with van der Waals surface area (Å²) in [5, 5.41) is 0. The molecule has 0 saturated carbocycles. The van der Waals surface area contributed by atoms with Crippen molar-refractivity contribution < 1.29 is 20.3 Å². The molecule has 0 radical (unpaired) electrons. The Morgan fingerprint density at radius 2 is 1.60 bits per heavy atom. The van der Waals surface area contributed by atoms with E-state index in [1.165, 1.54) is 37.2 Å². The summed E-state index contributed by atoms with van der Waals surface area (Å²) >= 11 is 0. The van der Waals surface area contributed by atoms with Crippen molar-refractivity contribution in [3.8, 4) is 0 Å². The van der Waals surface area contributed by atoms with Gasteiger partial charge in [0.1, 0.15) is 0 Å². The molecule has 0 saturated heterocycles. The molecular formula is C13H22LiN. The van der Waals surface area contributed by atoms with Gasteiger partial charge >= 0.3 is 18.9 Å². The number of hydrogen-bond donors (Lipinski definition) is 0. The molecule has 80 valence electrons. The van der Waals surface area contributed by atoms with E-state index in [4.69, 9.17) is 0 Å². The fourth-order valence-electron chi connectivity index (χ4n) is 1.81. The number of benzene rings is 1. The minimum atomic E-state index is 0. The Bertz CT molecular complexity index is 272. The third-order valence-corrected chi connectivity index (χ3v) is 2.44. The fourth-order valence-corrected chi connectivity index (χ4v) is 1.81. The van der Waals surface area contributed by atoms with Crippen LogP contribution in [0.1, 0.15) is 33.7 Å². The summed E-state index contributed by atoms with van der Waals surface area (Å²) in [5.41, 5.74) is 2.78. The van der Waals surface area contributed by atoms with Gasteiger partial charge in [0.25, 0.3) is 0 Å². The summed E-state index contributed by atoms with van der Waals surface area (Å²) in [5.74, 6) is 0. The summed E-state index contributed by atoms with van der Waals surface area (Å²) in [7, 11) is 0. The SMILES string of the molecule is CCCN(CCC)c1ccccc1C.[H-].[Li+]. The molecule has 0 fully saturated rings. The van der Waals surface area contributed by atoms with Crippen LogP contribution >= 0.6 is 0 Å². The van der Waals surface area contributed by atoms with Crippen molar-refractivity contribution in [2.75, 3.05) is 18.0 Å². The normalized spacial score (nSPS) is 9.53. The van der Waals surface area contributed by atoms with Crippen LogP contribution in [0.15, 0.2) is 24.3 Å². The Morgan fingerprint density at radius 3 is 2.07 bits per heavy atom. The molecule has 0 bridgehead atoms. The van der Waals surface area contributed by atoms with Crippen LogP contribution < -0.4 is 23.8 Å². The summed E-state index contributed by atoms with van der Waals surface area (Å²) < 4.78 is 0. The van der Waals surface area contributed by atoms with Gasteiger partial charge in [0.2, 0.25) is 0 Å².